The van der Waals surface area contributed by atoms with Crippen molar-refractivity contribution in [1.29, 1.82) is 0 Å². The maximum absolute atomic E-state index is 5.05. The van der Waals surface area contributed by atoms with Crippen LogP contribution in [0.5, 0.6) is 0 Å². The first-order chi connectivity index (χ1) is 4.43. The molecule has 0 heterocycles. The van der Waals surface area contributed by atoms with Gasteiger partial charge >= 0.3 is 0 Å². The molecule has 48 valence electrons. The van der Waals surface area contributed by atoms with E-state index in [0.29, 0.717) is 0 Å². The molecule has 0 aromatic carbocycles. The number of hydrogen-bond donors (Lipinski definition) is 0. The highest BCUT2D eigenvalue weighted by Crippen LogP contribution is 2.06. The van der Waals surface area contributed by atoms with E-state index in [4.69, 9.17) is 4.74 Å². The summed E-state index contributed by atoms with van der Waals surface area (Å²) in [6.07, 6.45) is 9.76. The summed E-state index contributed by atoms with van der Waals surface area (Å²) >= 11 is 0. The highest BCUT2D eigenvalue weighted by atomic mass is 16.5. The van der Waals surface area contributed by atoms with Crippen LogP contribution >= 0.6 is 0 Å². The molecule has 1 heteroatoms. The van der Waals surface area contributed by atoms with Gasteiger partial charge in [-0.05, 0) is 6.92 Å². The monoisotopic (exact) mass is 122 g/mol. The summed E-state index contributed by atoms with van der Waals surface area (Å²) in [7, 11) is 0. The Labute approximate surface area is 55.3 Å². The van der Waals surface area contributed by atoms with Gasteiger partial charge in [-0.15, -0.1) is 0 Å². The third kappa shape index (κ3) is 1.76. The Balaban J connectivity index is 2.42. The van der Waals surface area contributed by atoms with Gasteiger partial charge in [-0.2, -0.15) is 0 Å². The molecule has 0 saturated carbocycles. The van der Waals surface area contributed by atoms with Gasteiger partial charge in [-0.1, -0.05) is 24.3 Å². The van der Waals surface area contributed by atoms with E-state index in [9.17, 15) is 0 Å². The van der Waals surface area contributed by atoms with Crippen molar-refractivity contribution in [3.8, 4) is 0 Å². The van der Waals surface area contributed by atoms with E-state index in [1.165, 1.54) is 0 Å². The molecular weight excluding hydrogens is 112 g/mol. The minimum Gasteiger partial charge on any atom is -0.501 e. The maximum atomic E-state index is 5.05. The summed E-state index contributed by atoms with van der Waals surface area (Å²) in [5, 5.41) is 0. The van der Waals surface area contributed by atoms with Crippen molar-refractivity contribution in [2.75, 3.05) is 6.61 Å². The van der Waals surface area contributed by atoms with Crippen molar-refractivity contribution in [2.45, 2.75) is 6.92 Å². The van der Waals surface area contributed by atoms with Crippen molar-refractivity contribution in [3.05, 3.63) is 36.1 Å². The van der Waals surface area contributed by atoms with E-state index >= 15 is 0 Å². The van der Waals surface area contributed by atoms with Gasteiger partial charge < -0.3 is 4.74 Å². The van der Waals surface area contributed by atoms with Gasteiger partial charge in [0.15, 0.2) is 0 Å². The zero-order valence-corrected chi connectivity index (χ0v) is 5.50. The van der Waals surface area contributed by atoms with E-state index < -0.39 is 0 Å². The van der Waals surface area contributed by atoms with Gasteiger partial charge in [-0.25, -0.2) is 0 Å². The predicted molar refractivity (Wildman–Crippen MR) is 38.0 cm³/mol. The van der Waals surface area contributed by atoms with Crippen LogP contribution < -0.4 is 0 Å². The van der Waals surface area contributed by atoms with Gasteiger partial charge in [0.25, 0.3) is 0 Å². The lowest BCUT2D eigenvalue weighted by atomic mass is 10.3. The van der Waals surface area contributed by atoms with Crippen LogP contribution in [-0.2, 0) is 4.74 Å². The number of hydrogen-bond acceptors (Lipinski definition) is 1. The Bertz CT molecular complexity index is 149. The van der Waals surface area contributed by atoms with Crippen LogP contribution in [-0.4, -0.2) is 6.61 Å². The van der Waals surface area contributed by atoms with Crippen LogP contribution in [0.15, 0.2) is 36.1 Å². The number of allylic oxidation sites excluding steroid dienone is 5. The van der Waals surface area contributed by atoms with Gasteiger partial charge in [0.05, 0.1) is 12.9 Å². The summed E-state index contributed by atoms with van der Waals surface area (Å²) in [6, 6.07) is 0. The number of rotatable bonds is 2. The molecule has 0 atom stereocenters. The van der Waals surface area contributed by atoms with Crippen molar-refractivity contribution >= 4 is 0 Å². The summed E-state index contributed by atoms with van der Waals surface area (Å²) in [6.45, 7) is 2.71. The van der Waals surface area contributed by atoms with Gasteiger partial charge in [-0.3, -0.25) is 0 Å². The normalized spacial score (nSPS) is 14.6. The molecule has 0 aromatic heterocycles. The Hall–Kier alpha value is -0.980. The molecule has 0 N–H and O–H groups in total. The van der Waals surface area contributed by atoms with Crippen LogP contribution in [0, 0.1) is 0 Å². The average molecular weight is 122 g/mol. The Kier molecular flexibility index (Phi) is 2.13. The zero-order chi connectivity index (χ0) is 6.53. The minimum absolute atomic E-state index is 0.741. The molecular formula is C8H10O. The lowest BCUT2D eigenvalue weighted by molar-refractivity contribution is 0.268. The lowest BCUT2D eigenvalue weighted by Crippen LogP contribution is -1.78. The predicted octanol–water partition coefficient (Wildman–Crippen LogP) is 2.03. The van der Waals surface area contributed by atoms with Crippen LogP contribution in [0.25, 0.3) is 0 Å². The van der Waals surface area contributed by atoms with Crippen molar-refractivity contribution in [1.82, 2.24) is 0 Å². The highest BCUT2D eigenvalue weighted by Gasteiger charge is 1.88. The summed E-state index contributed by atoms with van der Waals surface area (Å²) in [4.78, 5) is 0. The maximum Gasteiger partial charge on any atom is 0.0901 e. The summed E-state index contributed by atoms with van der Waals surface area (Å²) in [5.41, 5.74) is 1.14. The topological polar surface area (TPSA) is 9.23 Å². The molecule has 1 rings (SSSR count). The van der Waals surface area contributed by atoms with E-state index in [1.807, 2.05) is 31.2 Å². The molecule has 1 aliphatic carbocycles. The molecule has 1 nitrogen and oxygen atoms in total. The second-order valence-corrected chi connectivity index (χ2v) is 1.79. The van der Waals surface area contributed by atoms with Gasteiger partial charge in [0.2, 0.25) is 0 Å². The zero-order valence-electron chi connectivity index (χ0n) is 5.50. The second kappa shape index (κ2) is 3.13. The first-order valence-electron chi connectivity index (χ1n) is 3.10. The third-order valence-corrected chi connectivity index (χ3v) is 1.07. The molecule has 0 amide bonds. The smallest absolute Gasteiger partial charge is 0.0901 e. The third-order valence-electron chi connectivity index (χ3n) is 1.07. The van der Waals surface area contributed by atoms with E-state index in [0.717, 1.165) is 12.2 Å². The van der Waals surface area contributed by atoms with E-state index in [2.05, 4.69) is 0 Å². The highest BCUT2D eigenvalue weighted by molar-refractivity contribution is 5.38. The van der Waals surface area contributed by atoms with Gasteiger partial charge in [0.1, 0.15) is 0 Å². The molecule has 1 aliphatic rings. The molecule has 0 aromatic rings. The van der Waals surface area contributed by atoms with Crippen LogP contribution in [0.2, 0.25) is 0 Å². The molecule has 9 heavy (non-hydrogen) atoms. The summed E-state index contributed by atoms with van der Waals surface area (Å²) in [5.74, 6) is 0. The SMILES string of the molecule is CCOC=C1C=CC=C1. The van der Waals surface area contributed by atoms with Crippen LogP contribution in [0.3, 0.4) is 0 Å². The average Bonchev–Trinajstić information content (AvgIpc) is 2.34. The molecule has 0 aliphatic heterocycles. The first kappa shape index (κ1) is 6.14. The lowest BCUT2D eigenvalue weighted by Gasteiger charge is -1.92. The Morgan fingerprint density at radius 1 is 1.44 bits per heavy atom. The Morgan fingerprint density at radius 2 is 2.11 bits per heavy atom. The Morgan fingerprint density at radius 3 is 2.67 bits per heavy atom. The fraction of sp³-hybridized carbons (Fsp3) is 0.250. The van der Waals surface area contributed by atoms with Crippen molar-refractivity contribution in [2.24, 2.45) is 0 Å². The summed E-state index contributed by atoms with van der Waals surface area (Å²) < 4.78 is 5.05. The van der Waals surface area contributed by atoms with E-state index in [-0.39, 0.29) is 0 Å². The number of ether oxygens (including phenoxy) is 1. The van der Waals surface area contributed by atoms with E-state index in [1.54, 1.807) is 6.26 Å². The molecule has 0 spiro atoms. The standard InChI is InChI=1S/C8H10O/c1-2-9-7-8-5-3-4-6-8/h3-7H,2H2,1H3. The fourth-order valence-corrected chi connectivity index (χ4v) is 0.647. The minimum atomic E-state index is 0.741. The molecule has 0 saturated heterocycles. The largest absolute Gasteiger partial charge is 0.501 e. The van der Waals surface area contributed by atoms with Crippen LogP contribution in [0.1, 0.15) is 6.92 Å². The first-order valence-corrected chi connectivity index (χ1v) is 3.10. The van der Waals surface area contributed by atoms with Crippen molar-refractivity contribution in [3.63, 3.8) is 0 Å². The van der Waals surface area contributed by atoms with Crippen LogP contribution in [0.4, 0.5) is 0 Å². The quantitative estimate of drug-likeness (QED) is 0.509. The molecule has 0 unspecified atom stereocenters. The molecule has 0 bridgehead atoms. The van der Waals surface area contributed by atoms with Gasteiger partial charge in [0, 0.05) is 5.57 Å². The second-order valence-electron chi connectivity index (χ2n) is 1.79. The molecule has 0 fully saturated rings. The van der Waals surface area contributed by atoms with Crippen molar-refractivity contribution < 1.29 is 4.74 Å². The molecule has 0 radical (unpaired) electrons. The fourth-order valence-electron chi connectivity index (χ4n) is 0.647.